The van der Waals surface area contributed by atoms with Gasteiger partial charge in [-0.15, -0.1) is 0 Å². The van der Waals surface area contributed by atoms with E-state index < -0.39 is 0 Å². The molecule has 0 aromatic rings. The van der Waals surface area contributed by atoms with Gasteiger partial charge in [0.1, 0.15) is 0 Å². The highest BCUT2D eigenvalue weighted by Crippen LogP contribution is 2.09. The van der Waals surface area contributed by atoms with Crippen molar-refractivity contribution in [2.75, 3.05) is 6.54 Å². The van der Waals surface area contributed by atoms with Crippen molar-refractivity contribution < 1.29 is 0 Å². The van der Waals surface area contributed by atoms with Gasteiger partial charge < -0.3 is 5.32 Å². The van der Waals surface area contributed by atoms with E-state index in [0.29, 0.717) is 5.92 Å². The van der Waals surface area contributed by atoms with Crippen molar-refractivity contribution >= 4 is 5.71 Å². The van der Waals surface area contributed by atoms with Crippen LogP contribution in [0, 0.1) is 5.92 Å². The summed E-state index contributed by atoms with van der Waals surface area (Å²) in [6.07, 6.45) is 2.03. The summed E-state index contributed by atoms with van der Waals surface area (Å²) in [6, 6.07) is 0. The number of aliphatic imine (C=N–C) groups is 1. The molecule has 16 heavy (non-hydrogen) atoms. The molecule has 0 aromatic heterocycles. The molecule has 0 aliphatic heterocycles. The summed E-state index contributed by atoms with van der Waals surface area (Å²) < 4.78 is 0. The number of hydrogen-bond donors (Lipinski definition) is 1. The Hall–Kier alpha value is -1.31. The van der Waals surface area contributed by atoms with Crippen molar-refractivity contribution in [3.8, 4) is 0 Å². The number of allylic oxidation sites excluding steroid dienone is 3. The molecule has 0 unspecified atom stereocenters. The van der Waals surface area contributed by atoms with Crippen LogP contribution < -0.4 is 5.32 Å². The van der Waals surface area contributed by atoms with Gasteiger partial charge in [0.15, 0.2) is 0 Å². The van der Waals surface area contributed by atoms with E-state index in [2.05, 4.69) is 37.3 Å². The molecule has 0 aromatic carbocycles. The van der Waals surface area contributed by atoms with Crippen LogP contribution in [-0.2, 0) is 0 Å². The monoisotopic (exact) mass is 220 g/mol. The summed E-state index contributed by atoms with van der Waals surface area (Å²) in [4.78, 5) is 4.54. The second kappa shape index (κ2) is 7.04. The molecule has 0 bridgehead atoms. The van der Waals surface area contributed by atoms with E-state index >= 15 is 0 Å². The molecule has 1 N–H and O–H groups in total. The normalized spacial score (nSPS) is 12.9. The summed E-state index contributed by atoms with van der Waals surface area (Å²) >= 11 is 0. The van der Waals surface area contributed by atoms with E-state index in [9.17, 15) is 0 Å². The van der Waals surface area contributed by atoms with Gasteiger partial charge in [-0.25, -0.2) is 0 Å². The first kappa shape index (κ1) is 14.7. The third-order valence-electron chi connectivity index (χ3n) is 2.06. The Balaban J connectivity index is 4.68. The Labute approximate surface area is 99.9 Å². The second-order valence-corrected chi connectivity index (χ2v) is 4.41. The van der Waals surface area contributed by atoms with Crippen molar-refractivity contribution in [2.24, 2.45) is 10.9 Å². The molecule has 0 saturated heterocycles. The van der Waals surface area contributed by atoms with Crippen LogP contribution in [0.15, 0.2) is 41.2 Å². The minimum atomic E-state index is 0.579. The van der Waals surface area contributed by atoms with E-state index in [-0.39, 0.29) is 0 Å². The van der Waals surface area contributed by atoms with Crippen LogP contribution in [0.4, 0.5) is 0 Å². The average Bonchev–Trinajstić information content (AvgIpc) is 2.14. The smallest absolute Gasteiger partial charge is 0.0415 e. The molecule has 0 saturated carbocycles. The van der Waals surface area contributed by atoms with Crippen molar-refractivity contribution in [1.29, 1.82) is 0 Å². The standard InChI is InChI=1S/C14H24N2/c1-8-14(13(7)16-11(4)5)12(6)15-9-10(2)3/h8,10,16H,4,7,9H2,1-3,5-6H3/b14-8-,15-12+. The van der Waals surface area contributed by atoms with Gasteiger partial charge >= 0.3 is 0 Å². The Morgan fingerprint density at radius 3 is 2.25 bits per heavy atom. The predicted octanol–water partition coefficient (Wildman–Crippen LogP) is 3.69. The Morgan fingerprint density at radius 2 is 1.88 bits per heavy atom. The molecule has 0 radical (unpaired) electrons. The zero-order chi connectivity index (χ0) is 12.7. The maximum absolute atomic E-state index is 4.54. The molecule has 0 heterocycles. The minimum absolute atomic E-state index is 0.579. The lowest BCUT2D eigenvalue weighted by Crippen LogP contribution is -2.15. The van der Waals surface area contributed by atoms with E-state index in [4.69, 9.17) is 0 Å². The van der Waals surface area contributed by atoms with Crippen molar-refractivity contribution in [1.82, 2.24) is 5.32 Å². The molecule has 0 spiro atoms. The van der Waals surface area contributed by atoms with Crippen LogP contribution in [-0.4, -0.2) is 12.3 Å². The molecule has 0 amide bonds. The van der Waals surface area contributed by atoms with Gasteiger partial charge in [0, 0.05) is 29.2 Å². The van der Waals surface area contributed by atoms with Gasteiger partial charge in [-0.2, -0.15) is 0 Å². The van der Waals surface area contributed by atoms with Crippen LogP contribution in [0.25, 0.3) is 0 Å². The van der Waals surface area contributed by atoms with E-state index in [0.717, 1.165) is 29.2 Å². The molecule has 2 heteroatoms. The SMILES string of the molecule is C=C(C)NC(=C)C(=C\C)/C(C)=N/CC(C)C. The maximum atomic E-state index is 4.54. The van der Waals surface area contributed by atoms with Crippen molar-refractivity contribution in [3.63, 3.8) is 0 Å². The Morgan fingerprint density at radius 1 is 1.31 bits per heavy atom. The van der Waals surface area contributed by atoms with Crippen LogP contribution in [0.5, 0.6) is 0 Å². The second-order valence-electron chi connectivity index (χ2n) is 4.41. The maximum Gasteiger partial charge on any atom is 0.0415 e. The number of nitrogens with zero attached hydrogens (tertiary/aromatic N) is 1. The molecule has 0 aliphatic rings. The summed E-state index contributed by atoms with van der Waals surface area (Å²) in [5, 5.41) is 3.12. The van der Waals surface area contributed by atoms with Gasteiger partial charge in [-0.3, -0.25) is 4.99 Å². The molecule has 0 aliphatic carbocycles. The first-order valence-corrected chi connectivity index (χ1v) is 5.68. The zero-order valence-corrected chi connectivity index (χ0v) is 11.2. The quantitative estimate of drug-likeness (QED) is 0.536. The molecule has 90 valence electrons. The van der Waals surface area contributed by atoms with Gasteiger partial charge in [0.25, 0.3) is 0 Å². The van der Waals surface area contributed by atoms with Crippen LogP contribution >= 0.6 is 0 Å². The van der Waals surface area contributed by atoms with Gasteiger partial charge in [0.2, 0.25) is 0 Å². The number of rotatable bonds is 6. The van der Waals surface area contributed by atoms with Crippen LogP contribution in [0.3, 0.4) is 0 Å². The fourth-order valence-corrected chi connectivity index (χ4v) is 1.33. The number of hydrogen-bond acceptors (Lipinski definition) is 2. The molecular weight excluding hydrogens is 196 g/mol. The summed E-state index contributed by atoms with van der Waals surface area (Å²) in [7, 11) is 0. The fourth-order valence-electron chi connectivity index (χ4n) is 1.33. The Kier molecular flexibility index (Phi) is 6.47. The topological polar surface area (TPSA) is 24.4 Å². The lowest BCUT2D eigenvalue weighted by Gasteiger charge is -2.13. The largest absolute Gasteiger partial charge is 0.360 e. The highest BCUT2D eigenvalue weighted by Gasteiger charge is 2.05. The van der Waals surface area contributed by atoms with Crippen LogP contribution in [0.2, 0.25) is 0 Å². The summed E-state index contributed by atoms with van der Waals surface area (Å²) in [5.74, 6) is 0.579. The highest BCUT2D eigenvalue weighted by atomic mass is 14.9. The highest BCUT2D eigenvalue weighted by molar-refractivity contribution is 6.01. The number of nitrogens with one attached hydrogen (secondary N) is 1. The fraction of sp³-hybridized carbons (Fsp3) is 0.500. The third-order valence-corrected chi connectivity index (χ3v) is 2.06. The average molecular weight is 220 g/mol. The predicted molar refractivity (Wildman–Crippen MR) is 73.7 cm³/mol. The molecular formula is C14H24N2. The molecule has 0 fully saturated rings. The molecule has 2 nitrogen and oxygen atoms in total. The molecule has 0 rings (SSSR count). The lowest BCUT2D eigenvalue weighted by atomic mass is 10.1. The van der Waals surface area contributed by atoms with Gasteiger partial charge in [0.05, 0.1) is 0 Å². The van der Waals surface area contributed by atoms with Crippen molar-refractivity contribution in [2.45, 2.75) is 34.6 Å². The molecule has 0 atom stereocenters. The minimum Gasteiger partial charge on any atom is -0.360 e. The summed E-state index contributed by atoms with van der Waals surface area (Å²) in [5.41, 5.74) is 3.83. The van der Waals surface area contributed by atoms with E-state index in [1.807, 2.05) is 26.8 Å². The van der Waals surface area contributed by atoms with Crippen molar-refractivity contribution in [3.05, 3.63) is 36.2 Å². The first-order valence-electron chi connectivity index (χ1n) is 5.68. The van der Waals surface area contributed by atoms with Gasteiger partial charge in [-0.1, -0.05) is 33.1 Å². The first-order chi connectivity index (χ1) is 7.38. The van der Waals surface area contributed by atoms with E-state index in [1.165, 1.54) is 0 Å². The van der Waals surface area contributed by atoms with Crippen LogP contribution in [0.1, 0.15) is 34.6 Å². The van der Waals surface area contributed by atoms with Gasteiger partial charge in [-0.05, 0) is 26.7 Å². The Bertz CT molecular complexity index is 320. The third kappa shape index (κ3) is 5.54. The van der Waals surface area contributed by atoms with E-state index in [1.54, 1.807) is 0 Å². The zero-order valence-electron chi connectivity index (χ0n) is 11.2. The summed E-state index contributed by atoms with van der Waals surface area (Å²) in [6.45, 7) is 18.9. The lowest BCUT2D eigenvalue weighted by molar-refractivity contribution is 0.665.